The molecule has 4 heteroatoms. The van der Waals surface area contributed by atoms with Crippen LogP contribution in [0.15, 0.2) is 53.1 Å². The minimum Gasteiger partial charge on any atom is -0.398 e. The lowest BCUT2D eigenvalue weighted by Gasteiger charge is -2.02. The molecule has 106 valence electrons. The molecule has 0 aliphatic carbocycles. The van der Waals surface area contributed by atoms with Gasteiger partial charge in [0.1, 0.15) is 0 Å². The third-order valence-electron chi connectivity index (χ3n) is 3.54. The number of hydrogen-bond donors (Lipinski definition) is 1. The molecule has 0 aliphatic heterocycles. The van der Waals surface area contributed by atoms with Gasteiger partial charge in [-0.1, -0.05) is 41.6 Å². The number of para-hydroxylation sites is 1. The molecular weight excluding hydrogens is 262 g/mol. The Morgan fingerprint density at radius 1 is 1.00 bits per heavy atom. The monoisotopic (exact) mass is 279 g/mol. The van der Waals surface area contributed by atoms with E-state index in [-0.39, 0.29) is 0 Å². The van der Waals surface area contributed by atoms with Crippen molar-refractivity contribution in [3.8, 4) is 11.4 Å². The fourth-order valence-corrected chi connectivity index (χ4v) is 2.30. The Morgan fingerprint density at radius 3 is 2.57 bits per heavy atom. The normalized spacial score (nSPS) is 10.7. The molecule has 4 nitrogen and oxygen atoms in total. The van der Waals surface area contributed by atoms with Gasteiger partial charge in [0.2, 0.25) is 11.7 Å². The first kappa shape index (κ1) is 13.4. The van der Waals surface area contributed by atoms with E-state index in [0.717, 1.165) is 18.4 Å². The van der Waals surface area contributed by atoms with Crippen LogP contribution in [0.1, 0.15) is 17.0 Å². The second-order valence-corrected chi connectivity index (χ2v) is 5.03. The van der Waals surface area contributed by atoms with E-state index in [4.69, 9.17) is 10.3 Å². The maximum Gasteiger partial charge on any atom is 0.227 e. The summed E-state index contributed by atoms with van der Waals surface area (Å²) < 4.78 is 5.32. The van der Waals surface area contributed by atoms with E-state index in [0.29, 0.717) is 17.4 Å². The molecule has 0 amide bonds. The Kier molecular flexibility index (Phi) is 3.69. The third-order valence-corrected chi connectivity index (χ3v) is 3.54. The van der Waals surface area contributed by atoms with Crippen molar-refractivity contribution in [2.45, 2.75) is 19.8 Å². The summed E-state index contributed by atoms with van der Waals surface area (Å²) in [6.07, 6.45) is 1.61. The number of aryl methyl sites for hydroxylation is 3. The molecule has 2 N–H and O–H groups in total. The smallest absolute Gasteiger partial charge is 0.227 e. The predicted molar refractivity (Wildman–Crippen MR) is 82.7 cm³/mol. The van der Waals surface area contributed by atoms with Gasteiger partial charge in [0.05, 0.1) is 0 Å². The fourth-order valence-electron chi connectivity index (χ4n) is 2.30. The van der Waals surface area contributed by atoms with Crippen LogP contribution in [0.5, 0.6) is 0 Å². The van der Waals surface area contributed by atoms with Gasteiger partial charge in [0.25, 0.3) is 0 Å². The van der Waals surface area contributed by atoms with E-state index in [1.807, 2.05) is 36.4 Å². The fraction of sp³-hybridized carbons (Fsp3) is 0.176. The number of aromatic nitrogens is 2. The predicted octanol–water partition coefficient (Wildman–Crippen LogP) is 3.41. The zero-order valence-corrected chi connectivity index (χ0v) is 11.9. The summed E-state index contributed by atoms with van der Waals surface area (Å²) in [7, 11) is 0. The zero-order valence-electron chi connectivity index (χ0n) is 11.9. The van der Waals surface area contributed by atoms with Crippen LogP contribution in [-0.4, -0.2) is 10.1 Å². The van der Waals surface area contributed by atoms with Crippen LogP contribution in [0.3, 0.4) is 0 Å². The Bertz CT molecular complexity index is 749. The number of rotatable bonds is 4. The topological polar surface area (TPSA) is 64.9 Å². The van der Waals surface area contributed by atoms with Crippen molar-refractivity contribution < 1.29 is 4.52 Å². The van der Waals surface area contributed by atoms with Crippen molar-refractivity contribution in [2.24, 2.45) is 0 Å². The van der Waals surface area contributed by atoms with Gasteiger partial charge < -0.3 is 10.3 Å². The van der Waals surface area contributed by atoms with E-state index in [9.17, 15) is 0 Å². The average molecular weight is 279 g/mol. The van der Waals surface area contributed by atoms with Crippen LogP contribution < -0.4 is 5.73 Å². The van der Waals surface area contributed by atoms with Crippen molar-refractivity contribution in [3.05, 3.63) is 65.5 Å². The molecule has 0 saturated carbocycles. The number of nitrogen functional groups attached to an aromatic ring is 1. The van der Waals surface area contributed by atoms with E-state index in [1.54, 1.807) is 0 Å². The molecule has 21 heavy (non-hydrogen) atoms. The van der Waals surface area contributed by atoms with Crippen molar-refractivity contribution in [3.63, 3.8) is 0 Å². The molecule has 0 unspecified atom stereocenters. The summed E-state index contributed by atoms with van der Waals surface area (Å²) in [5.41, 5.74) is 9.97. The summed E-state index contributed by atoms with van der Waals surface area (Å²) in [6.45, 7) is 2.11. The highest BCUT2D eigenvalue weighted by Gasteiger charge is 2.11. The number of anilines is 1. The standard InChI is InChI=1S/C17H17N3O/c1-12-6-2-3-7-13(12)10-11-16-19-17(20-21-16)14-8-4-5-9-15(14)18/h2-9H,10-11,18H2,1H3. The summed E-state index contributed by atoms with van der Waals surface area (Å²) in [4.78, 5) is 4.43. The molecule has 0 fully saturated rings. The lowest BCUT2D eigenvalue weighted by Crippen LogP contribution is -1.94. The molecule has 0 saturated heterocycles. The van der Waals surface area contributed by atoms with Gasteiger partial charge >= 0.3 is 0 Å². The van der Waals surface area contributed by atoms with Crippen LogP contribution in [0.4, 0.5) is 5.69 Å². The average Bonchev–Trinajstić information content (AvgIpc) is 2.96. The third kappa shape index (κ3) is 2.94. The molecule has 0 bridgehead atoms. The molecule has 1 aromatic heterocycles. The second kappa shape index (κ2) is 5.79. The summed E-state index contributed by atoms with van der Waals surface area (Å²) >= 11 is 0. The number of nitrogens with zero attached hydrogens (tertiary/aromatic N) is 2. The molecule has 3 rings (SSSR count). The Balaban J connectivity index is 1.74. The zero-order chi connectivity index (χ0) is 14.7. The van der Waals surface area contributed by atoms with Crippen LogP contribution in [0.2, 0.25) is 0 Å². The van der Waals surface area contributed by atoms with Gasteiger partial charge in [-0.25, -0.2) is 0 Å². The lowest BCUT2D eigenvalue weighted by atomic mass is 10.0. The quantitative estimate of drug-likeness (QED) is 0.743. The molecule has 1 heterocycles. The first-order chi connectivity index (χ1) is 10.2. The number of nitrogens with two attached hydrogens (primary N) is 1. The van der Waals surface area contributed by atoms with Gasteiger partial charge in [-0.05, 0) is 36.6 Å². The first-order valence-corrected chi connectivity index (χ1v) is 6.96. The van der Waals surface area contributed by atoms with Crippen LogP contribution in [0.25, 0.3) is 11.4 Å². The summed E-state index contributed by atoms with van der Waals surface area (Å²) in [5.74, 6) is 1.18. The summed E-state index contributed by atoms with van der Waals surface area (Å²) in [6, 6.07) is 15.9. The van der Waals surface area contributed by atoms with E-state index >= 15 is 0 Å². The Morgan fingerprint density at radius 2 is 1.76 bits per heavy atom. The van der Waals surface area contributed by atoms with E-state index < -0.39 is 0 Å². The van der Waals surface area contributed by atoms with Crippen LogP contribution >= 0.6 is 0 Å². The Hall–Kier alpha value is -2.62. The van der Waals surface area contributed by atoms with Crippen LogP contribution in [-0.2, 0) is 12.8 Å². The first-order valence-electron chi connectivity index (χ1n) is 6.96. The van der Waals surface area contributed by atoms with Gasteiger partial charge in [-0.15, -0.1) is 0 Å². The summed E-state index contributed by atoms with van der Waals surface area (Å²) in [5, 5.41) is 4.02. The number of benzene rings is 2. The minimum absolute atomic E-state index is 0.549. The van der Waals surface area contributed by atoms with Crippen molar-refractivity contribution >= 4 is 5.69 Å². The van der Waals surface area contributed by atoms with E-state index in [1.165, 1.54) is 11.1 Å². The Labute approximate surface area is 123 Å². The minimum atomic E-state index is 0.549. The maximum absolute atomic E-state index is 5.93. The molecule has 2 aromatic carbocycles. The van der Waals surface area contributed by atoms with Gasteiger partial charge in [-0.2, -0.15) is 4.98 Å². The highest BCUT2D eigenvalue weighted by Crippen LogP contribution is 2.22. The van der Waals surface area contributed by atoms with Gasteiger partial charge in [0, 0.05) is 17.7 Å². The maximum atomic E-state index is 5.93. The number of hydrogen-bond acceptors (Lipinski definition) is 4. The van der Waals surface area contributed by atoms with Crippen molar-refractivity contribution in [2.75, 3.05) is 5.73 Å². The van der Waals surface area contributed by atoms with Crippen molar-refractivity contribution in [1.29, 1.82) is 0 Å². The molecule has 0 aliphatic rings. The van der Waals surface area contributed by atoms with Gasteiger partial charge in [0.15, 0.2) is 0 Å². The lowest BCUT2D eigenvalue weighted by molar-refractivity contribution is 0.379. The molecule has 3 aromatic rings. The highest BCUT2D eigenvalue weighted by molar-refractivity contribution is 5.70. The molecular formula is C17H17N3O. The molecule has 0 radical (unpaired) electrons. The highest BCUT2D eigenvalue weighted by atomic mass is 16.5. The van der Waals surface area contributed by atoms with Crippen molar-refractivity contribution in [1.82, 2.24) is 10.1 Å². The second-order valence-electron chi connectivity index (χ2n) is 5.03. The molecule has 0 atom stereocenters. The largest absolute Gasteiger partial charge is 0.398 e. The van der Waals surface area contributed by atoms with E-state index in [2.05, 4.69) is 29.2 Å². The molecule has 0 spiro atoms. The van der Waals surface area contributed by atoms with Crippen LogP contribution in [0, 0.1) is 6.92 Å². The SMILES string of the molecule is Cc1ccccc1CCc1nc(-c2ccccc2N)no1. The van der Waals surface area contributed by atoms with Gasteiger partial charge in [-0.3, -0.25) is 0 Å².